The van der Waals surface area contributed by atoms with Gasteiger partial charge in [-0.1, -0.05) is 6.92 Å². The van der Waals surface area contributed by atoms with Gasteiger partial charge in [0.2, 0.25) is 5.91 Å². The van der Waals surface area contributed by atoms with Crippen LogP contribution in [0.5, 0.6) is 0 Å². The Morgan fingerprint density at radius 1 is 1.32 bits per heavy atom. The number of Topliss-reactive ketones (excluding diaryl/α,β-unsaturated/α-hetero) is 1. The molecule has 6 heteroatoms. The molecule has 0 radical (unpaired) electrons. The van der Waals surface area contributed by atoms with Gasteiger partial charge in [0.15, 0.2) is 5.78 Å². The molecule has 0 aromatic carbocycles. The summed E-state index contributed by atoms with van der Waals surface area (Å²) in [5.41, 5.74) is 0.629. The van der Waals surface area contributed by atoms with Crippen LogP contribution in [-0.4, -0.2) is 33.9 Å². The zero-order valence-corrected chi connectivity index (χ0v) is 13.1. The predicted molar refractivity (Wildman–Crippen MR) is 79.3 cm³/mol. The molecule has 1 aromatic rings. The molecular weight excluding hydrogens is 282 g/mol. The number of nitrogens with one attached hydrogen (secondary N) is 1. The molecule has 0 bridgehead atoms. The van der Waals surface area contributed by atoms with Crippen LogP contribution in [-0.2, 0) is 15.6 Å². The van der Waals surface area contributed by atoms with E-state index in [2.05, 4.69) is 5.32 Å². The van der Waals surface area contributed by atoms with Gasteiger partial charge in [-0.15, -0.1) is 11.3 Å². The van der Waals surface area contributed by atoms with Crippen LogP contribution in [0.2, 0.25) is 0 Å². The van der Waals surface area contributed by atoms with Crippen molar-refractivity contribution in [3.63, 3.8) is 0 Å². The van der Waals surface area contributed by atoms with Crippen molar-refractivity contribution in [2.24, 2.45) is 0 Å². The lowest BCUT2D eigenvalue weighted by atomic mass is 10.2. The van der Waals surface area contributed by atoms with Gasteiger partial charge in [0.25, 0.3) is 0 Å². The van der Waals surface area contributed by atoms with Crippen LogP contribution < -0.4 is 5.32 Å². The molecule has 1 rings (SSSR count). The van der Waals surface area contributed by atoms with Crippen molar-refractivity contribution < 1.29 is 13.8 Å². The minimum atomic E-state index is -1.44. The zero-order valence-electron chi connectivity index (χ0n) is 11.4. The fraction of sp³-hybridized carbons (Fsp3) is 0.538. The van der Waals surface area contributed by atoms with Crippen molar-refractivity contribution in [2.75, 3.05) is 18.1 Å². The number of hydrogen-bond donors (Lipinski definition) is 1. The zero-order chi connectivity index (χ0) is 14.4. The SMILES string of the molecule is CCCNC(=O)CS(=O)CC(=O)c1cc(C)sc1C. The third-order valence-electron chi connectivity index (χ3n) is 2.50. The second kappa shape index (κ2) is 7.55. The van der Waals surface area contributed by atoms with Gasteiger partial charge < -0.3 is 5.32 Å². The molecule has 1 heterocycles. The highest BCUT2D eigenvalue weighted by Gasteiger charge is 2.16. The van der Waals surface area contributed by atoms with E-state index in [0.29, 0.717) is 12.1 Å². The first kappa shape index (κ1) is 16.0. The van der Waals surface area contributed by atoms with E-state index in [9.17, 15) is 13.8 Å². The number of carbonyl (C=O) groups is 2. The van der Waals surface area contributed by atoms with Crippen LogP contribution in [0, 0.1) is 13.8 Å². The van der Waals surface area contributed by atoms with Crippen LogP contribution in [0.25, 0.3) is 0 Å². The maximum Gasteiger partial charge on any atom is 0.232 e. The lowest BCUT2D eigenvalue weighted by Gasteiger charge is -2.03. The summed E-state index contributed by atoms with van der Waals surface area (Å²) in [5, 5.41) is 2.65. The van der Waals surface area contributed by atoms with E-state index in [0.717, 1.165) is 16.2 Å². The fourth-order valence-corrected chi connectivity index (χ4v) is 3.53. The summed E-state index contributed by atoms with van der Waals surface area (Å²) in [7, 11) is -1.44. The minimum absolute atomic E-state index is 0.0867. The number of rotatable bonds is 7. The fourth-order valence-electron chi connectivity index (χ4n) is 1.64. The van der Waals surface area contributed by atoms with Gasteiger partial charge in [0.05, 0.1) is 5.75 Å². The molecule has 1 amide bonds. The average Bonchev–Trinajstić information content (AvgIpc) is 2.65. The maximum atomic E-state index is 12.0. The molecule has 0 spiro atoms. The van der Waals surface area contributed by atoms with Crippen molar-refractivity contribution in [2.45, 2.75) is 27.2 Å². The Bertz CT molecular complexity index is 494. The standard InChI is InChI=1S/C13H19NO3S2/c1-4-5-14-13(16)8-19(17)7-12(15)11-6-9(2)18-10(11)3/h6H,4-5,7-8H2,1-3H3,(H,14,16). The number of ketones is 1. The van der Waals surface area contributed by atoms with Crippen molar-refractivity contribution >= 4 is 33.8 Å². The largest absolute Gasteiger partial charge is 0.355 e. The summed E-state index contributed by atoms with van der Waals surface area (Å²) in [6.45, 7) is 6.33. The summed E-state index contributed by atoms with van der Waals surface area (Å²) in [5.74, 6) is -0.598. The van der Waals surface area contributed by atoms with E-state index in [1.807, 2.05) is 26.8 Å². The highest BCUT2D eigenvalue weighted by Crippen LogP contribution is 2.21. The van der Waals surface area contributed by atoms with Crippen molar-refractivity contribution in [3.8, 4) is 0 Å². The molecule has 1 N–H and O–H groups in total. The summed E-state index contributed by atoms with van der Waals surface area (Å²) in [6, 6.07) is 1.82. The van der Waals surface area contributed by atoms with E-state index in [4.69, 9.17) is 0 Å². The first-order chi connectivity index (χ1) is 8.93. The number of carbonyl (C=O) groups excluding carboxylic acids is 2. The van der Waals surface area contributed by atoms with Crippen LogP contribution in [0.1, 0.15) is 33.5 Å². The third kappa shape index (κ3) is 5.24. The molecule has 0 aliphatic rings. The highest BCUT2D eigenvalue weighted by atomic mass is 32.2. The summed E-state index contributed by atoms with van der Waals surface area (Å²) in [6.07, 6.45) is 0.838. The molecule has 0 aliphatic carbocycles. The molecule has 4 nitrogen and oxygen atoms in total. The average molecular weight is 301 g/mol. The normalized spacial score (nSPS) is 12.2. The van der Waals surface area contributed by atoms with Gasteiger partial charge in [-0.2, -0.15) is 0 Å². The molecular formula is C13H19NO3S2. The van der Waals surface area contributed by atoms with E-state index in [1.54, 1.807) is 11.3 Å². The third-order valence-corrected chi connectivity index (χ3v) is 4.63. The number of amides is 1. The molecule has 1 atom stereocenters. The Hall–Kier alpha value is -1.01. The van der Waals surface area contributed by atoms with E-state index >= 15 is 0 Å². The van der Waals surface area contributed by atoms with E-state index in [-0.39, 0.29) is 23.2 Å². The highest BCUT2D eigenvalue weighted by molar-refractivity contribution is 7.86. The number of aryl methyl sites for hydroxylation is 2. The number of hydrogen-bond acceptors (Lipinski definition) is 4. The Labute approximate surface area is 120 Å². The maximum absolute atomic E-state index is 12.0. The Balaban J connectivity index is 2.51. The first-order valence-corrected chi connectivity index (χ1v) is 8.46. The van der Waals surface area contributed by atoms with Crippen molar-refractivity contribution in [1.29, 1.82) is 0 Å². The molecule has 19 heavy (non-hydrogen) atoms. The molecule has 0 saturated carbocycles. The lowest BCUT2D eigenvalue weighted by Crippen LogP contribution is -2.30. The molecule has 1 aromatic heterocycles. The topological polar surface area (TPSA) is 63.2 Å². The molecule has 0 saturated heterocycles. The van der Waals surface area contributed by atoms with Crippen LogP contribution >= 0.6 is 11.3 Å². The summed E-state index contributed by atoms with van der Waals surface area (Å²) < 4.78 is 11.8. The second-order valence-corrected chi connectivity index (χ2v) is 7.25. The first-order valence-electron chi connectivity index (χ1n) is 6.16. The second-order valence-electron chi connectivity index (χ2n) is 4.33. The predicted octanol–water partition coefficient (Wildman–Crippen LogP) is 1.82. The van der Waals surface area contributed by atoms with Crippen molar-refractivity contribution in [3.05, 3.63) is 21.4 Å². The Morgan fingerprint density at radius 2 is 2.00 bits per heavy atom. The molecule has 106 valence electrons. The monoisotopic (exact) mass is 301 g/mol. The summed E-state index contributed by atoms with van der Waals surface area (Å²) >= 11 is 1.55. The van der Waals surface area contributed by atoms with Gasteiger partial charge in [-0.05, 0) is 26.3 Å². The lowest BCUT2D eigenvalue weighted by molar-refractivity contribution is -0.118. The van der Waals surface area contributed by atoms with Gasteiger partial charge in [-0.3, -0.25) is 13.8 Å². The smallest absolute Gasteiger partial charge is 0.232 e. The molecule has 1 unspecified atom stereocenters. The van der Waals surface area contributed by atoms with Gasteiger partial charge in [0, 0.05) is 32.7 Å². The Morgan fingerprint density at radius 3 is 2.53 bits per heavy atom. The van der Waals surface area contributed by atoms with Gasteiger partial charge in [0.1, 0.15) is 5.75 Å². The van der Waals surface area contributed by atoms with E-state index < -0.39 is 10.8 Å². The summed E-state index contributed by atoms with van der Waals surface area (Å²) in [4.78, 5) is 25.4. The van der Waals surface area contributed by atoms with Gasteiger partial charge in [-0.25, -0.2) is 0 Å². The minimum Gasteiger partial charge on any atom is -0.355 e. The van der Waals surface area contributed by atoms with Crippen LogP contribution in [0.3, 0.4) is 0 Å². The van der Waals surface area contributed by atoms with Crippen LogP contribution in [0.15, 0.2) is 6.07 Å². The molecule has 0 aliphatic heterocycles. The van der Waals surface area contributed by atoms with Gasteiger partial charge >= 0.3 is 0 Å². The number of thiophene rings is 1. The molecule has 0 fully saturated rings. The van der Waals surface area contributed by atoms with E-state index in [1.165, 1.54) is 0 Å². The Kier molecular flexibility index (Phi) is 6.37. The van der Waals surface area contributed by atoms with Crippen LogP contribution in [0.4, 0.5) is 0 Å². The van der Waals surface area contributed by atoms with Crippen molar-refractivity contribution in [1.82, 2.24) is 5.32 Å². The quantitative estimate of drug-likeness (QED) is 0.781.